The monoisotopic (exact) mass is 162 g/mol. The molecule has 1 unspecified atom stereocenters. The highest BCUT2D eigenvalue weighted by molar-refractivity contribution is 7.86. The first-order chi connectivity index (χ1) is 4.50. The molecule has 0 aromatic rings. The van der Waals surface area contributed by atoms with Crippen molar-refractivity contribution in [3.05, 3.63) is 0 Å². The molecule has 1 fully saturated rings. The lowest BCUT2D eigenvalue weighted by molar-refractivity contribution is 0.424. The Morgan fingerprint density at radius 3 is 2.40 bits per heavy atom. The van der Waals surface area contributed by atoms with E-state index in [2.05, 4.69) is 0 Å². The van der Waals surface area contributed by atoms with E-state index in [1.165, 1.54) is 0 Å². The second-order valence-electron chi connectivity index (χ2n) is 3.58. The molecule has 1 saturated heterocycles. The standard InChI is InChI=1S/C7H14O2S/c1-7(2,3)10(8)5-6-4-9-6/h6H,4-5H2,1-3H3/t6-,10?/m1/s1. The van der Waals surface area contributed by atoms with E-state index in [1.54, 1.807) is 0 Å². The molecule has 0 spiro atoms. The van der Waals surface area contributed by atoms with E-state index in [0.717, 1.165) is 6.61 Å². The van der Waals surface area contributed by atoms with Crippen LogP contribution in [0.5, 0.6) is 0 Å². The van der Waals surface area contributed by atoms with Gasteiger partial charge in [-0.2, -0.15) is 0 Å². The molecule has 0 aliphatic carbocycles. The maximum atomic E-state index is 11.3. The Labute approximate surface area is 64.4 Å². The van der Waals surface area contributed by atoms with Crippen molar-refractivity contribution in [1.29, 1.82) is 0 Å². The minimum Gasteiger partial charge on any atom is -0.372 e. The number of ether oxygens (including phenoxy) is 1. The number of hydrogen-bond acceptors (Lipinski definition) is 2. The summed E-state index contributed by atoms with van der Waals surface area (Å²) in [5, 5.41) is 0. The summed E-state index contributed by atoms with van der Waals surface area (Å²) in [6.45, 7) is 6.78. The molecule has 0 bridgehead atoms. The Balaban J connectivity index is 2.32. The zero-order valence-electron chi connectivity index (χ0n) is 6.72. The molecule has 3 heteroatoms. The molecule has 2 atom stereocenters. The summed E-state index contributed by atoms with van der Waals surface area (Å²) in [5.74, 6) is 0.712. The van der Waals surface area contributed by atoms with Gasteiger partial charge in [0, 0.05) is 15.5 Å². The van der Waals surface area contributed by atoms with Crippen molar-refractivity contribution in [2.75, 3.05) is 12.4 Å². The minimum absolute atomic E-state index is 0.0774. The third-order valence-corrected chi connectivity index (χ3v) is 3.46. The number of hydrogen-bond donors (Lipinski definition) is 0. The summed E-state index contributed by atoms with van der Waals surface area (Å²) in [6.07, 6.45) is 0.292. The molecule has 0 saturated carbocycles. The fourth-order valence-electron chi connectivity index (χ4n) is 0.583. The van der Waals surface area contributed by atoms with Gasteiger partial charge in [0.1, 0.15) is 0 Å². The quantitative estimate of drug-likeness (QED) is 0.565. The molecular formula is C7H14O2S. The third kappa shape index (κ3) is 2.39. The van der Waals surface area contributed by atoms with E-state index in [4.69, 9.17) is 4.74 Å². The second-order valence-corrected chi connectivity index (χ2v) is 5.83. The molecule has 1 aliphatic heterocycles. The van der Waals surface area contributed by atoms with Gasteiger partial charge in [-0.05, 0) is 20.8 Å². The molecule has 1 heterocycles. The van der Waals surface area contributed by atoms with Gasteiger partial charge in [-0.3, -0.25) is 4.21 Å². The maximum absolute atomic E-state index is 11.3. The normalized spacial score (nSPS) is 28.1. The Morgan fingerprint density at radius 2 is 2.10 bits per heavy atom. The van der Waals surface area contributed by atoms with Crippen LogP contribution in [0.25, 0.3) is 0 Å². The first kappa shape index (κ1) is 8.21. The van der Waals surface area contributed by atoms with Crippen molar-refractivity contribution in [2.45, 2.75) is 31.6 Å². The fourth-order valence-corrected chi connectivity index (χ4v) is 1.61. The summed E-state index contributed by atoms with van der Waals surface area (Å²) in [6, 6.07) is 0. The summed E-state index contributed by atoms with van der Waals surface area (Å²) < 4.78 is 16.2. The van der Waals surface area contributed by atoms with Gasteiger partial charge in [-0.25, -0.2) is 0 Å². The van der Waals surface area contributed by atoms with Crippen LogP contribution < -0.4 is 0 Å². The van der Waals surface area contributed by atoms with E-state index in [-0.39, 0.29) is 4.75 Å². The van der Waals surface area contributed by atoms with Crippen LogP contribution in [-0.4, -0.2) is 27.4 Å². The van der Waals surface area contributed by atoms with Gasteiger partial charge in [0.25, 0.3) is 0 Å². The first-order valence-corrected chi connectivity index (χ1v) is 4.82. The molecule has 2 nitrogen and oxygen atoms in total. The molecule has 1 rings (SSSR count). The summed E-state index contributed by atoms with van der Waals surface area (Å²) >= 11 is 0. The third-order valence-electron chi connectivity index (χ3n) is 1.42. The lowest BCUT2D eigenvalue weighted by Gasteiger charge is -2.16. The SMILES string of the molecule is CC(C)(C)S(=O)C[C@H]1CO1. The van der Waals surface area contributed by atoms with Crippen molar-refractivity contribution in [3.8, 4) is 0 Å². The van der Waals surface area contributed by atoms with Crippen LogP contribution in [0.2, 0.25) is 0 Å². The van der Waals surface area contributed by atoms with Gasteiger partial charge in [0.15, 0.2) is 0 Å². The predicted molar refractivity (Wildman–Crippen MR) is 42.5 cm³/mol. The van der Waals surface area contributed by atoms with Crippen molar-refractivity contribution >= 4 is 10.8 Å². The Morgan fingerprint density at radius 1 is 1.60 bits per heavy atom. The van der Waals surface area contributed by atoms with Crippen LogP contribution in [0.1, 0.15) is 20.8 Å². The molecule has 0 radical (unpaired) electrons. The Bertz CT molecular complexity index is 144. The van der Waals surface area contributed by atoms with Crippen LogP contribution in [-0.2, 0) is 15.5 Å². The van der Waals surface area contributed by atoms with Gasteiger partial charge in [-0.1, -0.05) is 0 Å². The summed E-state index contributed by atoms with van der Waals surface area (Å²) in [7, 11) is -0.730. The van der Waals surface area contributed by atoms with Gasteiger partial charge >= 0.3 is 0 Å². The van der Waals surface area contributed by atoms with E-state index in [0.29, 0.717) is 11.9 Å². The highest BCUT2D eigenvalue weighted by atomic mass is 32.2. The first-order valence-electron chi connectivity index (χ1n) is 3.50. The zero-order chi connectivity index (χ0) is 7.78. The molecule has 0 aromatic heterocycles. The average molecular weight is 162 g/mol. The predicted octanol–water partition coefficient (Wildman–Crippen LogP) is 0.932. The minimum atomic E-state index is -0.730. The smallest absolute Gasteiger partial charge is 0.0925 e. The molecular weight excluding hydrogens is 148 g/mol. The fraction of sp³-hybridized carbons (Fsp3) is 1.00. The summed E-state index contributed by atoms with van der Waals surface area (Å²) in [5.41, 5.74) is 0. The average Bonchev–Trinajstić information content (AvgIpc) is 2.47. The highest BCUT2D eigenvalue weighted by Crippen LogP contribution is 2.17. The summed E-state index contributed by atoms with van der Waals surface area (Å²) in [4.78, 5) is 0. The molecule has 60 valence electrons. The topological polar surface area (TPSA) is 29.6 Å². The second kappa shape index (κ2) is 2.62. The van der Waals surface area contributed by atoms with Gasteiger partial charge in [-0.15, -0.1) is 0 Å². The number of epoxide rings is 1. The largest absolute Gasteiger partial charge is 0.372 e. The van der Waals surface area contributed by atoms with Crippen LogP contribution in [0.3, 0.4) is 0 Å². The van der Waals surface area contributed by atoms with Crippen LogP contribution in [0.15, 0.2) is 0 Å². The Kier molecular flexibility index (Phi) is 2.15. The Hall–Kier alpha value is 0.110. The molecule has 0 aromatic carbocycles. The zero-order valence-corrected chi connectivity index (χ0v) is 7.53. The van der Waals surface area contributed by atoms with Crippen molar-refractivity contribution in [2.24, 2.45) is 0 Å². The molecule has 0 N–H and O–H groups in total. The number of rotatable bonds is 2. The van der Waals surface area contributed by atoms with Crippen molar-refractivity contribution in [3.63, 3.8) is 0 Å². The van der Waals surface area contributed by atoms with Crippen LogP contribution in [0.4, 0.5) is 0 Å². The van der Waals surface area contributed by atoms with Gasteiger partial charge in [0.05, 0.1) is 18.5 Å². The van der Waals surface area contributed by atoms with Crippen LogP contribution in [0, 0.1) is 0 Å². The maximum Gasteiger partial charge on any atom is 0.0925 e. The van der Waals surface area contributed by atoms with Gasteiger partial charge in [0.2, 0.25) is 0 Å². The molecule has 0 amide bonds. The molecule has 1 aliphatic rings. The molecule has 10 heavy (non-hydrogen) atoms. The van der Waals surface area contributed by atoms with E-state index in [9.17, 15) is 4.21 Å². The lowest BCUT2D eigenvalue weighted by atomic mass is 10.3. The van der Waals surface area contributed by atoms with E-state index < -0.39 is 10.8 Å². The van der Waals surface area contributed by atoms with Crippen LogP contribution >= 0.6 is 0 Å². The highest BCUT2D eigenvalue weighted by Gasteiger charge is 2.29. The lowest BCUT2D eigenvalue weighted by Crippen LogP contribution is -2.25. The van der Waals surface area contributed by atoms with Crippen molar-refractivity contribution in [1.82, 2.24) is 0 Å². The van der Waals surface area contributed by atoms with E-state index >= 15 is 0 Å². The van der Waals surface area contributed by atoms with E-state index in [1.807, 2.05) is 20.8 Å². The van der Waals surface area contributed by atoms with Crippen molar-refractivity contribution < 1.29 is 8.95 Å². The van der Waals surface area contributed by atoms with Gasteiger partial charge < -0.3 is 4.74 Å².